The minimum Gasteiger partial charge on any atom is -0.466 e. The van der Waals surface area contributed by atoms with Gasteiger partial charge in [0.15, 0.2) is 0 Å². The van der Waals surface area contributed by atoms with Gasteiger partial charge in [-0.2, -0.15) is 0 Å². The van der Waals surface area contributed by atoms with Crippen molar-refractivity contribution in [3.05, 3.63) is 38.9 Å². The maximum atomic E-state index is 12.5. The third-order valence-corrected chi connectivity index (χ3v) is 4.89. The van der Waals surface area contributed by atoms with Crippen molar-refractivity contribution >= 4 is 35.1 Å². The van der Waals surface area contributed by atoms with E-state index in [1.54, 1.807) is 11.8 Å². The summed E-state index contributed by atoms with van der Waals surface area (Å²) >= 11 is 5.98. The van der Waals surface area contributed by atoms with E-state index in [2.05, 4.69) is 0 Å². The van der Waals surface area contributed by atoms with Crippen LogP contribution in [-0.2, 0) is 14.3 Å². The first-order valence-electron chi connectivity index (χ1n) is 8.88. The van der Waals surface area contributed by atoms with E-state index in [1.165, 1.54) is 24.1 Å². The second-order valence-electron chi connectivity index (χ2n) is 6.49. The molecule has 1 heterocycles. The Hall–Kier alpha value is -2.68. The van der Waals surface area contributed by atoms with E-state index in [9.17, 15) is 24.5 Å². The van der Waals surface area contributed by atoms with Gasteiger partial charge in [-0.05, 0) is 25.8 Å². The molecule has 1 aliphatic heterocycles. The van der Waals surface area contributed by atoms with Crippen molar-refractivity contribution in [1.29, 1.82) is 0 Å². The fraction of sp³-hybridized carbons (Fsp3) is 0.500. The number of ether oxygens (including phenoxy) is 1. The molecule has 2 rings (SSSR count). The smallest absolute Gasteiger partial charge is 0.309 e. The Morgan fingerprint density at radius 1 is 1.32 bits per heavy atom. The molecule has 0 radical (unpaired) electrons. The number of carbonyl (C=O) groups excluding carboxylic acids is 3. The number of benzene rings is 1. The first kappa shape index (κ1) is 21.6. The highest BCUT2D eigenvalue weighted by atomic mass is 35.5. The third-order valence-electron chi connectivity index (χ3n) is 4.58. The van der Waals surface area contributed by atoms with E-state index >= 15 is 0 Å². The molecule has 0 aliphatic carbocycles. The molecule has 0 saturated carbocycles. The Labute approximate surface area is 167 Å². The van der Waals surface area contributed by atoms with Crippen LogP contribution in [0.2, 0.25) is 5.02 Å². The van der Waals surface area contributed by atoms with Crippen LogP contribution < -0.4 is 0 Å². The number of nitro groups is 1. The average Bonchev–Trinajstić information content (AvgIpc) is 2.67. The summed E-state index contributed by atoms with van der Waals surface area (Å²) in [6, 6.07) is 3.56. The van der Waals surface area contributed by atoms with Gasteiger partial charge < -0.3 is 14.5 Å². The molecule has 0 bridgehead atoms. The summed E-state index contributed by atoms with van der Waals surface area (Å²) in [5, 5.41) is 10.7. The number of esters is 1. The number of halogens is 1. The monoisotopic (exact) mass is 411 g/mol. The quantitative estimate of drug-likeness (QED) is 0.403. The van der Waals surface area contributed by atoms with E-state index < -0.39 is 10.8 Å². The molecule has 1 aliphatic rings. The van der Waals surface area contributed by atoms with E-state index in [0.717, 1.165) is 6.07 Å². The third kappa shape index (κ3) is 5.19. The van der Waals surface area contributed by atoms with Gasteiger partial charge in [0, 0.05) is 32.3 Å². The van der Waals surface area contributed by atoms with Crippen LogP contribution in [0, 0.1) is 16.0 Å². The van der Waals surface area contributed by atoms with Gasteiger partial charge >= 0.3 is 5.97 Å². The molecule has 0 unspecified atom stereocenters. The molecule has 1 fully saturated rings. The Balaban J connectivity index is 1.93. The van der Waals surface area contributed by atoms with E-state index in [0.29, 0.717) is 32.5 Å². The van der Waals surface area contributed by atoms with Crippen LogP contribution in [-0.4, -0.2) is 65.8 Å². The van der Waals surface area contributed by atoms with Crippen molar-refractivity contribution in [2.75, 3.05) is 33.3 Å². The van der Waals surface area contributed by atoms with Crippen LogP contribution in [0.3, 0.4) is 0 Å². The SMILES string of the molecule is CCOC(=O)C1CCN(C(=O)CN(C)C(=O)c2ccc([N+](=O)[O-])cc2Cl)CC1. The normalized spacial score (nSPS) is 14.5. The minimum absolute atomic E-state index is 0.0475. The van der Waals surface area contributed by atoms with Crippen molar-refractivity contribution in [3.63, 3.8) is 0 Å². The van der Waals surface area contributed by atoms with Crippen LogP contribution in [0.15, 0.2) is 18.2 Å². The van der Waals surface area contributed by atoms with Gasteiger partial charge in [-0.25, -0.2) is 0 Å². The summed E-state index contributed by atoms with van der Waals surface area (Å²) in [5.74, 6) is -1.19. The van der Waals surface area contributed by atoms with Crippen LogP contribution in [0.25, 0.3) is 0 Å². The fourth-order valence-corrected chi connectivity index (χ4v) is 3.25. The summed E-state index contributed by atoms with van der Waals surface area (Å²) in [7, 11) is 1.46. The van der Waals surface area contributed by atoms with Gasteiger partial charge in [0.1, 0.15) is 0 Å². The zero-order chi connectivity index (χ0) is 20.8. The minimum atomic E-state index is -0.604. The predicted octanol–water partition coefficient (Wildman–Crippen LogP) is 2.12. The molecular formula is C18H22ClN3O6. The summed E-state index contributed by atoms with van der Waals surface area (Å²) in [5.41, 5.74) is -0.131. The largest absolute Gasteiger partial charge is 0.466 e. The molecule has 152 valence electrons. The molecule has 0 atom stereocenters. The number of likely N-dealkylation sites (tertiary alicyclic amines) is 1. The summed E-state index contributed by atoms with van der Waals surface area (Å²) < 4.78 is 5.01. The fourth-order valence-electron chi connectivity index (χ4n) is 3.00. The lowest BCUT2D eigenvalue weighted by molar-refractivity contribution is -0.384. The molecule has 10 heteroatoms. The van der Waals surface area contributed by atoms with Gasteiger partial charge in [-0.3, -0.25) is 24.5 Å². The number of carbonyl (C=O) groups is 3. The Bertz CT molecular complexity index is 777. The number of rotatable bonds is 6. The number of nitrogens with zero attached hydrogens (tertiary/aromatic N) is 3. The van der Waals surface area contributed by atoms with Gasteiger partial charge in [0.25, 0.3) is 11.6 Å². The van der Waals surface area contributed by atoms with Crippen molar-refractivity contribution in [1.82, 2.24) is 9.80 Å². The van der Waals surface area contributed by atoms with Crippen molar-refractivity contribution in [3.8, 4) is 0 Å². The topological polar surface area (TPSA) is 110 Å². The second kappa shape index (κ2) is 9.50. The van der Waals surface area contributed by atoms with E-state index in [-0.39, 0.29) is 40.6 Å². The van der Waals surface area contributed by atoms with Gasteiger partial charge in [-0.1, -0.05) is 11.6 Å². The molecule has 1 aromatic carbocycles. The Kier molecular flexibility index (Phi) is 7.33. The Morgan fingerprint density at radius 3 is 2.50 bits per heavy atom. The highest BCUT2D eigenvalue weighted by Gasteiger charge is 2.29. The molecule has 0 aromatic heterocycles. The number of hydrogen-bond donors (Lipinski definition) is 0. The molecule has 1 aromatic rings. The number of amides is 2. The standard InChI is InChI=1S/C18H22ClN3O6/c1-3-28-18(25)12-6-8-21(9-7-12)16(23)11-20(2)17(24)14-5-4-13(22(26)27)10-15(14)19/h4-5,10,12H,3,6-9,11H2,1-2H3. The van der Waals surface area contributed by atoms with Crippen molar-refractivity contribution in [2.45, 2.75) is 19.8 Å². The van der Waals surface area contributed by atoms with E-state index in [4.69, 9.17) is 16.3 Å². The van der Waals surface area contributed by atoms with Gasteiger partial charge in [0.05, 0.1) is 34.6 Å². The summed E-state index contributed by atoms with van der Waals surface area (Å²) in [4.78, 5) is 49.7. The predicted molar refractivity (Wildman–Crippen MR) is 101 cm³/mol. The molecular weight excluding hydrogens is 390 g/mol. The number of piperidine rings is 1. The number of nitro benzene ring substituents is 1. The number of non-ortho nitro benzene ring substituents is 1. The highest BCUT2D eigenvalue weighted by Crippen LogP contribution is 2.24. The number of hydrogen-bond acceptors (Lipinski definition) is 6. The number of likely N-dealkylation sites (N-methyl/N-ethyl adjacent to an activating group) is 1. The molecule has 1 saturated heterocycles. The lowest BCUT2D eigenvalue weighted by Gasteiger charge is -2.32. The second-order valence-corrected chi connectivity index (χ2v) is 6.90. The lowest BCUT2D eigenvalue weighted by Crippen LogP contribution is -2.45. The van der Waals surface area contributed by atoms with Crippen molar-refractivity contribution in [2.24, 2.45) is 5.92 Å². The molecule has 9 nitrogen and oxygen atoms in total. The Morgan fingerprint density at radius 2 is 1.96 bits per heavy atom. The van der Waals surface area contributed by atoms with Gasteiger partial charge in [-0.15, -0.1) is 0 Å². The molecule has 0 spiro atoms. The zero-order valence-electron chi connectivity index (χ0n) is 15.7. The van der Waals surface area contributed by atoms with Gasteiger partial charge in [0.2, 0.25) is 5.91 Å². The average molecular weight is 412 g/mol. The first-order chi connectivity index (χ1) is 13.2. The molecule has 28 heavy (non-hydrogen) atoms. The van der Waals surface area contributed by atoms with Crippen LogP contribution in [0.4, 0.5) is 5.69 Å². The van der Waals surface area contributed by atoms with Crippen LogP contribution in [0.5, 0.6) is 0 Å². The zero-order valence-corrected chi connectivity index (χ0v) is 16.5. The van der Waals surface area contributed by atoms with Crippen LogP contribution in [0.1, 0.15) is 30.1 Å². The summed E-state index contributed by atoms with van der Waals surface area (Å²) in [6.07, 6.45) is 1.05. The van der Waals surface area contributed by atoms with Crippen molar-refractivity contribution < 1.29 is 24.0 Å². The molecule has 0 N–H and O–H groups in total. The summed E-state index contributed by atoms with van der Waals surface area (Å²) in [6.45, 7) is 2.76. The highest BCUT2D eigenvalue weighted by molar-refractivity contribution is 6.34. The maximum absolute atomic E-state index is 12.5. The van der Waals surface area contributed by atoms with Crippen LogP contribution >= 0.6 is 11.6 Å². The maximum Gasteiger partial charge on any atom is 0.309 e. The van der Waals surface area contributed by atoms with E-state index in [1.807, 2.05) is 0 Å². The first-order valence-corrected chi connectivity index (χ1v) is 9.26. The lowest BCUT2D eigenvalue weighted by atomic mass is 9.97. The molecule has 2 amide bonds.